The van der Waals surface area contributed by atoms with Gasteiger partial charge >= 0.3 is 0 Å². The SMILES string of the molecule is CC(=O)Nc1cccc(-c2cnc3[nH]cc(C(=O)c4cc(Cl)cc(Cl)c4)c3c2)c1. The molecule has 144 valence electrons. The highest BCUT2D eigenvalue weighted by Gasteiger charge is 2.17. The first-order valence-electron chi connectivity index (χ1n) is 8.76. The smallest absolute Gasteiger partial charge is 0.221 e. The Labute approximate surface area is 176 Å². The predicted octanol–water partition coefficient (Wildman–Crippen LogP) is 5.73. The van der Waals surface area contributed by atoms with Gasteiger partial charge in [-0.25, -0.2) is 4.98 Å². The van der Waals surface area contributed by atoms with Crippen LogP contribution >= 0.6 is 23.2 Å². The van der Waals surface area contributed by atoms with Gasteiger partial charge in [0, 0.05) is 57.1 Å². The number of halogens is 2. The Morgan fingerprint density at radius 1 is 1.00 bits per heavy atom. The summed E-state index contributed by atoms with van der Waals surface area (Å²) in [5.41, 5.74) is 3.86. The van der Waals surface area contributed by atoms with Gasteiger partial charge in [0.2, 0.25) is 5.91 Å². The highest BCUT2D eigenvalue weighted by molar-refractivity contribution is 6.35. The minimum absolute atomic E-state index is 0.144. The normalized spacial score (nSPS) is 10.9. The van der Waals surface area contributed by atoms with Crippen molar-refractivity contribution in [3.05, 3.63) is 82.1 Å². The highest BCUT2D eigenvalue weighted by Crippen LogP contribution is 2.29. The zero-order valence-corrected chi connectivity index (χ0v) is 16.8. The average molecular weight is 424 g/mol. The number of hydrogen-bond acceptors (Lipinski definition) is 3. The highest BCUT2D eigenvalue weighted by atomic mass is 35.5. The third kappa shape index (κ3) is 4.01. The number of H-pyrrole nitrogens is 1. The number of rotatable bonds is 4. The summed E-state index contributed by atoms with van der Waals surface area (Å²) in [6.45, 7) is 1.46. The molecule has 29 heavy (non-hydrogen) atoms. The van der Waals surface area contributed by atoms with E-state index in [9.17, 15) is 9.59 Å². The Bertz CT molecular complexity index is 1240. The Kier molecular flexibility index (Phi) is 5.09. The van der Waals surface area contributed by atoms with Gasteiger partial charge in [-0.1, -0.05) is 35.3 Å². The maximum absolute atomic E-state index is 13.0. The summed E-state index contributed by atoms with van der Waals surface area (Å²) in [4.78, 5) is 31.8. The first-order valence-corrected chi connectivity index (χ1v) is 9.52. The molecule has 0 radical (unpaired) electrons. The number of carbonyl (C=O) groups excluding carboxylic acids is 2. The molecule has 0 saturated carbocycles. The van der Waals surface area contributed by atoms with Crippen molar-refractivity contribution in [2.75, 3.05) is 5.32 Å². The van der Waals surface area contributed by atoms with Crippen molar-refractivity contribution in [3.8, 4) is 11.1 Å². The van der Waals surface area contributed by atoms with Crippen LogP contribution in [-0.2, 0) is 4.79 Å². The molecule has 0 atom stereocenters. The quantitative estimate of drug-likeness (QED) is 0.411. The number of aromatic amines is 1. The van der Waals surface area contributed by atoms with Gasteiger partial charge in [-0.15, -0.1) is 0 Å². The molecule has 0 unspecified atom stereocenters. The molecule has 5 nitrogen and oxygen atoms in total. The summed E-state index contributed by atoms with van der Waals surface area (Å²) < 4.78 is 0. The number of amides is 1. The number of carbonyl (C=O) groups is 2. The van der Waals surface area contributed by atoms with Gasteiger partial charge in [-0.2, -0.15) is 0 Å². The van der Waals surface area contributed by atoms with Gasteiger partial charge in [-0.3, -0.25) is 9.59 Å². The first kappa shape index (κ1) is 19.2. The molecular formula is C22H15Cl2N3O2. The van der Waals surface area contributed by atoms with Crippen molar-refractivity contribution < 1.29 is 9.59 Å². The molecule has 4 aromatic rings. The summed E-state index contributed by atoms with van der Waals surface area (Å²) >= 11 is 12.1. The van der Waals surface area contributed by atoms with E-state index >= 15 is 0 Å². The van der Waals surface area contributed by atoms with Crippen LogP contribution in [0.5, 0.6) is 0 Å². The lowest BCUT2D eigenvalue weighted by Gasteiger charge is -2.07. The maximum atomic E-state index is 13.0. The minimum Gasteiger partial charge on any atom is -0.345 e. The van der Waals surface area contributed by atoms with E-state index < -0.39 is 0 Å². The number of nitrogens with one attached hydrogen (secondary N) is 2. The van der Waals surface area contributed by atoms with Crippen LogP contribution in [0.3, 0.4) is 0 Å². The van der Waals surface area contributed by atoms with Crippen molar-refractivity contribution >= 4 is 51.6 Å². The summed E-state index contributed by atoms with van der Waals surface area (Å²) in [6.07, 6.45) is 3.35. The zero-order chi connectivity index (χ0) is 20.5. The molecule has 1 amide bonds. The fourth-order valence-electron chi connectivity index (χ4n) is 3.17. The van der Waals surface area contributed by atoms with E-state index in [0.717, 1.165) is 11.1 Å². The molecule has 2 heterocycles. The minimum atomic E-state index is -0.202. The molecule has 0 aliphatic heterocycles. The zero-order valence-electron chi connectivity index (χ0n) is 15.3. The Balaban J connectivity index is 1.77. The summed E-state index contributed by atoms with van der Waals surface area (Å²) in [7, 11) is 0. The number of nitrogens with zero attached hydrogens (tertiary/aromatic N) is 1. The standard InChI is InChI=1S/C22H15Cl2N3O2/c1-12(28)27-18-4-2-3-13(7-18)15-8-19-20(11-26-22(19)25-10-15)21(29)14-5-16(23)9-17(24)6-14/h2-11H,1H3,(H,25,26)(H,27,28). The van der Waals surface area contributed by atoms with Crippen molar-refractivity contribution in [2.45, 2.75) is 6.92 Å². The fourth-order valence-corrected chi connectivity index (χ4v) is 3.70. The molecule has 0 aliphatic carbocycles. The second-order valence-electron chi connectivity index (χ2n) is 6.57. The largest absolute Gasteiger partial charge is 0.345 e. The predicted molar refractivity (Wildman–Crippen MR) is 116 cm³/mol. The van der Waals surface area contributed by atoms with Gasteiger partial charge in [0.15, 0.2) is 5.78 Å². The molecule has 2 aromatic heterocycles. The lowest BCUT2D eigenvalue weighted by molar-refractivity contribution is -0.114. The van der Waals surface area contributed by atoms with Gasteiger partial charge in [0.1, 0.15) is 5.65 Å². The molecule has 2 aromatic carbocycles. The van der Waals surface area contributed by atoms with Crippen LogP contribution in [0, 0.1) is 0 Å². The Morgan fingerprint density at radius 2 is 1.76 bits per heavy atom. The molecule has 2 N–H and O–H groups in total. The number of fused-ring (bicyclic) bond motifs is 1. The van der Waals surface area contributed by atoms with Crippen LogP contribution < -0.4 is 5.32 Å². The lowest BCUT2D eigenvalue weighted by Crippen LogP contribution is -2.05. The van der Waals surface area contributed by atoms with Gasteiger partial charge < -0.3 is 10.3 Å². The summed E-state index contributed by atoms with van der Waals surface area (Å²) in [5, 5.41) is 4.25. The van der Waals surface area contributed by atoms with Crippen LogP contribution in [0.4, 0.5) is 5.69 Å². The average Bonchev–Trinajstić information content (AvgIpc) is 3.09. The summed E-state index contributed by atoms with van der Waals surface area (Å²) in [6, 6.07) is 14.1. The molecule has 0 aliphatic rings. The third-order valence-electron chi connectivity index (χ3n) is 4.42. The summed E-state index contributed by atoms with van der Waals surface area (Å²) in [5.74, 6) is -0.346. The van der Waals surface area contributed by atoms with Crippen LogP contribution in [0.25, 0.3) is 22.2 Å². The van der Waals surface area contributed by atoms with E-state index in [-0.39, 0.29) is 11.7 Å². The van der Waals surface area contributed by atoms with Crippen LogP contribution in [0.15, 0.2) is 60.9 Å². The van der Waals surface area contributed by atoms with E-state index in [1.165, 1.54) is 6.92 Å². The first-order chi connectivity index (χ1) is 13.9. The number of benzene rings is 2. The van der Waals surface area contributed by atoms with Crippen molar-refractivity contribution in [1.82, 2.24) is 9.97 Å². The topological polar surface area (TPSA) is 74.8 Å². The maximum Gasteiger partial charge on any atom is 0.221 e. The van der Waals surface area contributed by atoms with Gasteiger partial charge in [-0.05, 0) is 42.0 Å². The van der Waals surface area contributed by atoms with E-state index in [0.29, 0.717) is 37.9 Å². The van der Waals surface area contributed by atoms with Crippen LogP contribution in [0.1, 0.15) is 22.8 Å². The fraction of sp³-hybridized carbons (Fsp3) is 0.0455. The van der Waals surface area contributed by atoms with E-state index in [1.807, 2.05) is 30.3 Å². The van der Waals surface area contributed by atoms with Gasteiger partial charge in [0.25, 0.3) is 0 Å². The van der Waals surface area contributed by atoms with Crippen molar-refractivity contribution in [2.24, 2.45) is 0 Å². The number of hydrogen-bond donors (Lipinski definition) is 2. The molecule has 0 bridgehead atoms. The van der Waals surface area contributed by atoms with Crippen LogP contribution in [-0.4, -0.2) is 21.7 Å². The Morgan fingerprint density at radius 3 is 2.48 bits per heavy atom. The Hall–Kier alpha value is -3.15. The van der Waals surface area contributed by atoms with Crippen LogP contribution in [0.2, 0.25) is 10.0 Å². The monoisotopic (exact) mass is 423 g/mol. The molecular weight excluding hydrogens is 409 g/mol. The van der Waals surface area contributed by atoms with E-state index in [4.69, 9.17) is 23.2 Å². The third-order valence-corrected chi connectivity index (χ3v) is 4.85. The molecule has 7 heteroatoms. The van der Waals surface area contributed by atoms with E-state index in [1.54, 1.807) is 30.6 Å². The van der Waals surface area contributed by atoms with Crippen molar-refractivity contribution in [1.29, 1.82) is 0 Å². The van der Waals surface area contributed by atoms with Crippen molar-refractivity contribution in [3.63, 3.8) is 0 Å². The lowest BCUT2D eigenvalue weighted by atomic mass is 10.0. The van der Waals surface area contributed by atoms with Gasteiger partial charge in [0.05, 0.1) is 0 Å². The molecule has 0 saturated heterocycles. The molecule has 0 spiro atoms. The second-order valence-corrected chi connectivity index (χ2v) is 7.44. The number of aromatic nitrogens is 2. The number of anilines is 1. The molecule has 0 fully saturated rings. The molecule has 4 rings (SSSR count). The number of ketones is 1. The second kappa shape index (κ2) is 7.70. The van der Waals surface area contributed by atoms with E-state index in [2.05, 4.69) is 15.3 Å². The number of pyridine rings is 1.